The van der Waals surface area contributed by atoms with Crippen molar-refractivity contribution < 1.29 is 18.7 Å². The van der Waals surface area contributed by atoms with Gasteiger partial charge in [0.1, 0.15) is 5.52 Å². The molecule has 6 aromatic rings. The van der Waals surface area contributed by atoms with Crippen molar-refractivity contribution in [2.45, 2.75) is 20.0 Å². The Morgan fingerprint density at radius 1 is 0.868 bits per heavy atom. The number of anilines is 1. The van der Waals surface area contributed by atoms with E-state index < -0.39 is 18.0 Å². The number of hydrogen-bond acceptors (Lipinski definition) is 6. The molecule has 2 heterocycles. The van der Waals surface area contributed by atoms with Gasteiger partial charge in [0.15, 0.2) is 11.7 Å². The van der Waals surface area contributed by atoms with E-state index in [2.05, 4.69) is 15.3 Å². The van der Waals surface area contributed by atoms with Crippen molar-refractivity contribution >= 4 is 50.3 Å². The Kier molecular flexibility index (Phi) is 5.81. The van der Waals surface area contributed by atoms with E-state index in [9.17, 15) is 9.59 Å². The number of amides is 1. The van der Waals surface area contributed by atoms with Gasteiger partial charge in [-0.2, -0.15) is 0 Å². The second kappa shape index (κ2) is 9.44. The van der Waals surface area contributed by atoms with Crippen LogP contribution in [0.25, 0.3) is 44.2 Å². The molecule has 38 heavy (non-hydrogen) atoms. The van der Waals surface area contributed by atoms with Crippen molar-refractivity contribution in [1.82, 2.24) is 9.97 Å². The number of ether oxygens (including phenoxy) is 1. The van der Waals surface area contributed by atoms with Gasteiger partial charge in [0.05, 0.1) is 16.8 Å². The van der Waals surface area contributed by atoms with Gasteiger partial charge in [-0.1, -0.05) is 54.6 Å². The predicted molar refractivity (Wildman–Crippen MR) is 147 cm³/mol. The lowest BCUT2D eigenvalue weighted by Crippen LogP contribution is -2.30. The third-order valence-electron chi connectivity index (χ3n) is 6.40. The highest BCUT2D eigenvalue weighted by Gasteiger charge is 2.23. The van der Waals surface area contributed by atoms with Crippen LogP contribution in [-0.2, 0) is 9.53 Å². The van der Waals surface area contributed by atoms with Crippen LogP contribution in [0.1, 0.15) is 23.0 Å². The van der Waals surface area contributed by atoms with Gasteiger partial charge in [0.25, 0.3) is 5.91 Å². The van der Waals surface area contributed by atoms with Gasteiger partial charge in [-0.25, -0.2) is 9.78 Å². The molecule has 4 aromatic carbocycles. The van der Waals surface area contributed by atoms with Crippen LogP contribution in [0.15, 0.2) is 95.4 Å². The fourth-order valence-electron chi connectivity index (χ4n) is 4.60. The predicted octanol–water partition coefficient (Wildman–Crippen LogP) is 6.69. The molecule has 0 aliphatic rings. The van der Waals surface area contributed by atoms with E-state index in [1.165, 1.54) is 0 Å². The fourth-order valence-corrected chi connectivity index (χ4v) is 4.60. The summed E-state index contributed by atoms with van der Waals surface area (Å²) in [5.41, 5.74) is 4.53. The molecule has 0 saturated heterocycles. The van der Waals surface area contributed by atoms with E-state index in [1.807, 2.05) is 79.7 Å². The smallest absolute Gasteiger partial charge is 0.339 e. The summed E-state index contributed by atoms with van der Waals surface area (Å²) >= 11 is 0. The summed E-state index contributed by atoms with van der Waals surface area (Å²) < 4.78 is 11.6. The summed E-state index contributed by atoms with van der Waals surface area (Å²) in [7, 11) is 0. The quantitative estimate of drug-likeness (QED) is 0.265. The minimum Gasteiger partial charge on any atom is -0.449 e. The molecule has 0 fully saturated rings. The molecule has 7 nitrogen and oxygen atoms in total. The van der Waals surface area contributed by atoms with Gasteiger partial charge in [-0.3, -0.25) is 9.78 Å². The number of aryl methyl sites for hydroxylation is 1. The normalized spacial score (nSPS) is 12.1. The first-order valence-corrected chi connectivity index (χ1v) is 12.2. The average molecular weight is 502 g/mol. The molecule has 7 heteroatoms. The van der Waals surface area contributed by atoms with Gasteiger partial charge < -0.3 is 14.5 Å². The lowest BCUT2D eigenvalue weighted by atomic mass is 9.99. The van der Waals surface area contributed by atoms with E-state index in [1.54, 1.807) is 25.1 Å². The number of carbonyl (C=O) groups excluding carboxylic acids is 2. The monoisotopic (exact) mass is 501 g/mol. The lowest BCUT2D eigenvalue weighted by Gasteiger charge is -2.16. The third-order valence-corrected chi connectivity index (χ3v) is 6.40. The molecular formula is C31H23N3O4. The highest BCUT2D eigenvalue weighted by atomic mass is 16.5. The summed E-state index contributed by atoms with van der Waals surface area (Å²) in [6.45, 7) is 3.41. The first kappa shape index (κ1) is 23.4. The third kappa shape index (κ3) is 4.24. The molecule has 0 saturated carbocycles. The number of hydrogen-bond donors (Lipinski definition) is 1. The number of para-hydroxylation sites is 3. The molecule has 6 rings (SSSR count). The number of aromatic nitrogens is 2. The van der Waals surface area contributed by atoms with Gasteiger partial charge in [0.2, 0.25) is 5.89 Å². The van der Waals surface area contributed by atoms with E-state index >= 15 is 0 Å². The summed E-state index contributed by atoms with van der Waals surface area (Å²) in [4.78, 5) is 35.6. The minimum atomic E-state index is -1.04. The Morgan fingerprint density at radius 2 is 1.61 bits per heavy atom. The van der Waals surface area contributed by atoms with Crippen molar-refractivity contribution in [2.24, 2.45) is 0 Å². The van der Waals surface area contributed by atoms with E-state index in [0.29, 0.717) is 33.7 Å². The number of esters is 1. The van der Waals surface area contributed by atoms with Crippen molar-refractivity contribution in [3.8, 4) is 11.5 Å². The largest absolute Gasteiger partial charge is 0.449 e. The van der Waals surface area contributed by atoms with Gasteiger partial charge in [-0.05, 0) is 55.6 Å². The number of benzene rings is 4. The van der Waals surface area contributed by atoms with Crippen LogP contribution in [-0.4, -0.2) is 27.9 Å². The Morgan fingerprint density at radius 3 is 2.42 bits per heavy atom. The first-order valence-electron chi connectivity index (χ1n) is 12.2. The van der Waals surface area contributed by atoms with Crippen molar-refractivity contribution in [2.75, 3.05) is 5.32 Å². The zero-order valence-corrected chi connectivity index (χ0v) is 20.8. The van der Waals surface area contributed by atoms with Crippen LogP contribution in [0.5, 0.6) is 0 Å². The zero-order chi connectivity index (χ0) is 26.2. The summed E-state index contributed by atoms with van der Waals surface area (Å²) in [6.07, 6.45) is -1.04. The summed E-state index contributed by atoms with van der Waals surface area (Å²) in [5, 5.41) is 5.17. The molecule has 186 valence electrons. The molecule has 1 atom stereocenters. The Bertz CT molecular complexity index is 1820. The second-order valence-electron chi connectivity index (χ2n) is 9.06. The standard InChI is InChI=1S/C31H23N3O4/c1-18-17-26(21-11-3-4-14-24(21)32-18)33-29(35)19(2)37-31(36)23-13-8-10-20-9-7-12-22(28(20)23)30-34-25-15-5-6-16-27(25)38-30/h3-17,19H,1-2H3,(H,32,33,35). The van der Waals surface area contributed by atoms with Crippen LogP contribution >= 0.6 is 0 Å². The van der Waals surface area contributed by atoms with Crippen LogP contribution in [0.3, 0.4) is 0 Å². The van der Waals surface area contributed by atoms with Crippen molar-refractivity contribution in [1.29, 1.82) is 0 Å². The van der Waals surface area contributed by atoms with Gasteiger partial charge in [0, 0.05) is 22.0 Å². The van der Waals surface area contributed by atoms with E-state index in [0.717, 1.165) is 27.5 Å². The number of nitrogens with one attached hydrogen (secondary N) is 1. The number of oxazole rings is 1. The first-order chi connectivity index (χ1) is 18.5. The average Bonchev–Trinajstić information content (AvgIpc) is 3.36. The number of pyridine rings is 1. The summed E-state index contributed by atoms with van der Waals surface area (Å²) in [6, 6.07) is 27.9. The van der Waals surface area contributed by atoms with E-state index in [4.69, 9.17) is 9.15 Å². The number of fused-ring (bicyclic) bond motifs is 3. The maximum Gasteiger partial charge on any atom is 0.339 e. The minimum absolute atomic E-state index is 0.324. The molecule has 0 aliphatic heterocycles. The van der Waals surface area contributed by atoms with Crippen LogP contribution < -0.4 is 5.32 Å². The highest BCUT2D eigenvalue weighted by molar-refractivity contribution is 6.11. The Hall–Kier alpha value is -5.04. The van der Waals surface area contributed by atoms with Gasteiger partial charge >= 0.3 is 5.97 Å². The molecule has 1 unspecified atom stereocenters. The summed E-state index contributed by atoms with van der Waals surface area (Å²) in [5.74, 6) is -0.645. The molecule has 1 amide bonds. The SMILES string of the molecule is Cc1cc(NC(=O)C(C)OC(=O)c2cccc3cccc(-c4nc5ccccc5o4)c23)c2ccccc2n1. The highest BCUT2D eigenvalue weighted by Crippen LogP contribution is 2.33. The van der Waals surface area contributed by atoms with Crippen LogP contribution in [0.4, 0.5) is 5.69 Å². The Balaban J connectivity index is 1.30. The molecular weight excluding hydrogens is 478 g/mol. The van der Waals surface area contributed by atoms with Crippen LogP contribution in [0, 0.1) is 6.92 Å². The topological polar surface area (TPSA) is 94.3 Å². The second-order valence-corrected chi connectivity index (χ2v) is 9.06. The number of rotatable bonds is 5. The van der Waals surface area contributed by atoms with Crippen molar-refractivity contribution in [3.05, 3.63) is 102 Å². The van der Waals surface area contributed by atoms with Crippen LogP contribution in [0.2, 0.25) is 0 Å². The number of nitrogens with zero attached hydrogens (tertiary/aromatic N) is 2. The van der Waals surface area contributed by atoms with Gasteiger partial charge in [-0.15, -0.1) is 0 Å². The lowest BCUT2D eigenvalue weighted by molar-refractivity contribution is -0.123. The molecule has 0 spiro atoms. The fraction of sp³-hybridized carbons (Fsp3) is 0.0968. The maximum atomic E-state index is 13.4. The zero-order valence-electron chi connectivity index (χ0n) is 20.8. The van der Waals surface area contributed by atoms with E-state index in [-0.39, 0.29) is 0 Å². The Labute approximate surface area is 218 Å². The molecule has 0 aliphatic carbocycles. The number of carbonyl (C=O) groups is 2. The van der Waals surface area contributed by atoms with Crippen molar-refractivity contribution in [3.63, 3.8) is 0 Å². The molecule has 1 N–H and O–H groups in total. The molecule has 0 bridgehead atoms. The molecule has 0 radical (unpaired) electrons. The maximum absolute atomic E-state index is 13.4. The molecule has 2 aromatic heterocycles.